The molecule has 1 aliphatic rings. The topological polar surface area (TPSA) is 90.9 Å². The maximum Gasteiger partial charge on any atom is 0.248 e. The third kappa shape index (κ3) is 1.82. The molecule has 6 nitrogen and oxygen atoms in total. The predicted molar refractivity (Wildman–Crippen MR) is 76.1 cm³/mol. The number of nitrogens with zero attached hydrogens (tertiary/aromatic N) is 3. The average Bonchev–Trinajstić information content (AvgIpc) is 2.74. The number of azide groups is 1. The second kappa shape index (κ2) is 4.58. The normalized spacial score (nSPS) is 20.3. The molecule has 0 fully saturated rings. The van der Waals surface area contributed by atoms with E-state index in [2.05, 4.69) is 21.9 Å². The van der Waals surface area contributed by atoms with Gasteiger partial charge in [-0.1, -0.05) is 12.0 Å². The molecule has 1 N–H and O–H groups in total. The van der Waals surface area contributed by atoms with Crippen molar-refractivity contribution in [1.29, 1.82) is 0 Å². The number of hydrogen-bond acceptors (Lipinski definition) is 3. The van der Waals surface area contributed by atoms with Crippen LogP contribution in [0.3, 0.4) is 0 Å². The van der Waals surface area contributed by atoms with Crippen molar-refractivity contribution in [3.8, 4) is 5.75 Å². The molecule has 1 aromatic heterocycles. The number of pyridine rings is 1. The Kier molecular flexibility index (Phi) is 2.88. The van der Waals surface area contributed by atoms with Crippen LogP contribution in [0.2, 0.25) is 0 Å². The molecule has 1 aromatic carbocycles. The van der Waals surface area contributed by atoms with Crippen LogP contribution in [-0.2, 0) is 0 Å². The van der Waals surface area contributed by atoms with E-state index < -0.39 is 0 Å². The molecule has 2 unspecified atom stereocenters. The first-order valence-corrected chi connectivity index (χ1v) is 6.46. The van der Waals surface area contributed by atoms with Gasteiger partial charge in [0.1, 0.15) is 11.9 Å². The molecule has 20 heavy (non-hydrogen) atoms. The van der Waals surface area contributed by atoms with Crippen molar-refractivity contribution >= 4 is 10.9 Å². The summed E-state index contributed by atoms with van der Waals surface area (Å²) in [5.41, 5.74) is 11.2. The number of aryl methyl sites for hydroxylation is 1. The lowest BCUT2D eigenvalue weighted by Gasteiger charge is -2.11. The van der Waals surface area contributed by atoms with Crippen LogP contribution < -0.4 is 10.3 Å². The summed E-state index contributed by atoms with van der Waals surface area (Å²) in [6.07, 6.45) is -0.155. The van der Waals surface area contributed by atoms with Gasteiger partial charge in [0, 0.05) is 27.8 Å². The van der Waals surface area contributed by atoms with Gasteiger partial charge in [-0.2, -0.15) is 0 Å². The Morgan fingerprint density at radius 2 is 2.30 bits per heavy atom. The quantitative estimate of drug-likeness (QED) is 0.516. The molecule has 2 aromatic rings. The highest BCUT2D eigenvalue weighted by molar-refractivity contribution is 5.89. The van der Waals surface area contributed by atoms with E-state index in [1.807, 2.05) is 13.0 Å². The van der Waals surface area contributed by atoms with Gasteiger partial charge >= 0.3 is 0 Å². The zero-order chi connectivity index (χ0) is 14.3. The smallest absolute Gasteiger partial charge is 0.248 e. The summed E-state index contributed by atoms with van der Waals surface area (Å²) in [5, 5.41) is 4.50. The van der Waals surface area contributed by atoms with Crippen LogP contribution in [0.5, 0.6) is 5.75 Å². The number of aromatic amines is 1. The first kappa shape index (κ1) is 12.6. The Bertz CT molecular complexity index is 790. The second-order valence-electron chi connectivity index (χ2n) is 5.08. The zero-order valence-electron chi connectivity index (χ0n) is 11.3. The van der Waals surface area contributed by atoms with Crippen molar-refractivity contribution in [2.75, 3.05) is 6.54 Å². The second-order valence-corrected chi connectivity index (χ2v) is 5.08. The molecule has 0 spiro atoms. The van der Waals surface area contributed by atoms with Gasteiger partial charge in [-0.3, -0.25) is 4.79 Å². The maximum absolute atomic E-state index is 11.5. The highest BCUT2D eigenvalue weighted by Crippen LogP contribution is 2.43. The van der Waals surface area contributed by atoms with Crippen molar-refractivity contribution in [2.45, 2.75) is 25.9 Å². The average molecular weight is 270 g/mol. The summed E-state index contributed by atoms with van der Waals surface area (Å²) in [5.74, 6) is 0.943. The van der Waals surface area contributed by atoms with Crippen molar-refractivity contribution in [3.63, 3.8) is 0 Å². The number of hydrogen-bond donors (Lipinski definition) is 1. The minimum Gasteiger partial charge on any atom is -0.489 e. The number of rotatable bonds is 2. The number of benzene rings is 1. The summed E-state index contributed by atoms with van der Waals surface area (Å²) >= 11 is 0. The zero-order valence-corrected chi connectivity index (χ0v) is 11.3. The van der Waals surface area contributed by atoms with Crippen LogP contribution in [0.15, 0.2) is 28.1 Å². The van der Waals surface area contributed by atoms with Gasteiger partial charge in [0.15, 0.2) is 0 Å². The Morgan fingerprint density at radius 1 is 1.50 bits per heavy atom. The predicted octanol–water partition coefficient (Wildman–Crippen LogP) is 3.01. The third-order valence-corrected chi connectivity index (χ3v) is 3.83. The van der Waals surface area contributed by atoms with E-state index in [4.69, 9.17) is 10.3 Å². The molecular formula is C14H14N4O2. The third-order valence-electron chi connectivity index (χ3n) is 3.83. The standard InChI is InChI=1S/C14H14N4O2/c1-7-5-10-8(2)11(6-16-18-15)20-14(10)9-3-4-12(19)17-13(7)9/h3-5,8,11H,6H2,1-2H3,(H,17,19). The van der Waals surface area contributed by atoms with Crippen LogP contribution >= 0.6 is 0 Å². The molecule has 3 rings (SSSR count). The Balaban J connectivity index is 2.18. The van der Waals surface area contributed by atoms with Gasteiger partial charge in [-0.25, -0.2) is 0 Å². The maximum atomic E-state index is 11.5. The number of fused-ring (bicyclic) bond motifs is 3. The van der Waals surface area contributed by atoms with Gasteiger partial charge in [0.05, 0.1) is 12.1 Å². The molecule has 1 aliphatic heterocycles. The van der Waals surface area contributed by atoms with Crippen LogP contribution in [0.1, 0.15) is 24.0 Å². The minimum absolute atomic E-state index is 0.128. The fraction of sp³-hybridized carbons (Fsp3) is 0.357. The molecule has 102 valence electrons. The molecule has 2 heterocycles. The molecule has 0 aliphatic carbocycles. The largest absolute Gasteiger partial charge is 0.489 e. The van der Waals surface area contributed by atoms with Crippen molar-refractivity contribution in [2.24, 2.45) is 5.11 Å². The molecule has 0 radical (unpaired) electrons. The Hall–Kier alpha value is -2.46. The fourth-order valence-electron chi connectivity index (χ4n) is 2.74. The molecular weight excluding hydrogens is 256 g/mol. The van der Waals surface area contributed by atoms with E-state index in [9.17, 15) is 4.79 Å². The van der Waals surface area contributed by atoms with E-state index in [-0.39, 0.29) is 17.6 Å². The van der Waals surface area contributed by atoms with E-state index >= 15 is 0 Å². The molecule has 2 atom stereocenters. The lowest BCUT2D eigenvalue weighted by molar-refractivity contribution is 0.221. The van der Waals surface area contributed by atoms with Crippen LogP contribution in [-0.4, -0.2) is 17.6 Å². The van der Waals surface area contributed by atoms with Gasteiger partial charge in [-0.05, 0) is 30.2 Å². The number of H-pyrrole nitrogens is 1. The monoisotopic (exact) mass is 270 g/mol. The highest BCUT2D eigenvalue weighted by atomic mass is 16.5. The SMILES string of the molecule is Cc1cc2c(c3ccc(=O)[nH]c13)OC(CN=[N+]=[N-])C2C. The van der Waals surface area contributed by atoms with Crippen LogP contribution in [0.25, 0.3) is 21.3 Å². The first-order chi connectivity index (χ1) is 9.61. The Labute approximate surface area is 115 Å². The number of ether oxygens (including phenoxy) is 1. The molecule has 6 heteroatoms. The number of nitrogens with one attached hydrogen (secondary N) is 1. The highest BCUT2D eigenvalue weighted by Gasteiger charge is 2.32. The molecule has 0 saturated heterocycles. The van der Waals surface area contributed by atoms with Gasteiger partial charge in [0.25, 0.3) is 0 Å². The number of aromatic nitrogens is 1. The van der Waals surface area contributed by atoms with E-state index in [1.54, 1.807) is 6.07 Å². The summed E-state index contributed by atoms with van der Waals surface area (Å²) in [6.45, 7) is 4.32. The van der Waals surface area contributed by atoms with Crippen molar-refractivity contribution < 1.29 is 4.74 Å². The van der Waals surface area contributed by atoms with Gasteiger partial charge in [0.2, 0.25) is 5.56 Å². The lowest BCUT2D eigenvalue weighted by Crippen LogP contribution is -2.19. The van der Waals surface area contributed by atoms with Crippen molar-refractivity contribution in [3.05, 3.63) is 50.1 Å². The Morgan fingerprint density at radius 3 is 3.05 bits per heavy atom. The summed E-state index contributed by atoms with van der Waals surface area (Å²) in [6, 6.07) is 5.31. The van der Waals surface area contributed by atoms with Crippen LogP contribution in [0.4, 0.5) is 0 Å². The van der Waals surface area contributed by atoms with E-state index in [1.165, 1.54) is 6.07 Å². The summed E-state index contributed by atoms with van der Waals surface area (Å²) in [7, 11) is 0. The lowest BCUT2D eigenvalue weighted by atomic mass is 9.94. The first-order valence-electron chi connectivity index (χ1n) is 6.46. The molecule has 0 bridgehead atoms. The van der Waals surface area contributed by atoms with Crippen molar-refractivity contribution in [1.82, 2.24) is 4.98 Å². The molecule has 0 amide bonds. The van der Waals surface area contributed by atoms with E-state index in [0.29, 0.717) is 6.54 Å². The minimum atomic E-state index is -0.155. The summed E-state index contributed by atoms with van der Waals surface area (Å²) in [4.78, 5) is 17.1. The molecule has 0 saturated carbocycles. The van der Waals surface area contributed by atoms with Gasteiger partial charge < -0.3 is 9.72 Å². The van der Waals surface area contributed by atoms with Crippen LogP contribution in [0, 0.1) is 6.92 Å². The van der Waals surface area contributed by atoms with E-state index in [0.717, 1.165) is 27.8 Å². The van der Waals surface area contributed by atoms with Gasteiger partial charge in [-0.15, -0.1) is 0 Å². The summed E-state index contributed by atoms with van der Waals surface area (Å²) < 4.78 is 5.94. The fourth-order valence-corrected chi connectivity index (χ4v) is 2.74.